The van der Waals surface area contributed by atoms with Crippen molar-refractivity contribution in [1.82, 2.24) is 10.2 Å². The molecule has 2 unspecified atom stereocenters. The van der Waals surface area contributed by atoms with Crippen LogP contribution in [-0.4, -0.2) is 41.4 Å². The van der Waals surface area contributed by atoms with Crippen LogP contribution >= 0.6 is 0 Å². The Labute approximate surface area is 177 Å². The van der Waals surface area contributed by atoms with Gasteiger partial charge in [0.15, 0.2) is 0 Å². The lowest BCUT2D eigenvalue weighted by molar-refractivity contribution is -0.136. The maximum Gasteiger partial charge on any atom is 0.222 e. The summed E-state index contributed by atoms with van der Waals surface area (Å²) in [5, 5.41) is 3.12. The first-order valence-electron chi connectivity index (χ1n) is 10.9. The Morgan fingerprint density at radius 1 is 1.23 bits per heavy atom. The van der Waals surface area contributed by atoms with E-state index in [0.717, 1.165) is 37.1 Å². The molecule has 1 aromatic carbocycles. The number of benzene rings is 1. The molecule has 2 aliphatic heterocycles. The molecule has 6 nitrogen and oxygen atoms in total. The second-order valence-electron chi connectivity index (χ2n) is 8.49. The van der Waals surface area contributed by atoms with Crippen molar-refractivity contribution < 1.29 is 18.7 Å². The van der Waals surface area contributed by atoms with Gasteiger partial charge in [-0.15, -0.1) is 0 Å². The predicted molar refractivity (Wildman–Crippen MR) is 113 cm³/mol. The summed E-state index contributed by atoms with van der Waals surface area (Å²) in [5.74, 6) is 1.04. The van der Waals surface area contributed by atoms with Crippen LogP contribution < -0.4 is 5.32 Å². The number of piperidine rings is 1. The van der Waals surface area contributed by atoms with E-state index < -0.39 is 0 Å². The minimum absolute atomic E-state index is 0.0568. The number of carbonyl (C=O) groups is 2. The number of likely N-dealkylation sites (tertiary alicyclic amines) is 1. The number of nitrogens with one attached hydrogen (secondary N) is 1. The molecule has 2 aliphatic rings. The molecule has 0 spiro atoms. The molecule has 1 aromatic heterocycles. The number of hydrogen-bond acceptors (Lipinski definition) is 4. The maximum absolute atomic E-state index is 12.9. The van der Waals surface area contributed by atoms with Crippen LogP contribution in [0.4, 0.5) is 0 Å². The number of carbonyl (C=O) groups excluding carboxylic acids is 2. The molecule has 3 heterocycles. The average Bonchev–Trinajstić information content (AvgIpc) is 3.41. The van der Waals surface area contributed by atoms with E-state index in [1.54, 1.807) is 6.26 Å². The van der Waals surface area contributed by atoms with Crippen molar-refractivity contribution in [3.8, 4) is 0 Å². The summed E-state index contributed by atoms with van der Waals surface area (Å²) in [6.45, 7) is 2.00. The molecule has 0 radical (unpaired) electrons. The molecule has 2 saturated heterocycles. The van der Waals surface area contributed by atoms with E-state index in [-0.39, 0.29) is 23.5 Å². The van der Waals surface area contributed by atoms with Crippen molar-refractivity contribution in [1.29, 1.82) is 0 Å². The van der Waals surface area contributed by atoms with Gasteiger partial charge in [-0.2, -0.15) is 0 Å². The van der Waals surface area contributed by atoms with Crippen molar-refractivity contribution in [3.05, 3.63) is 60.1 Å². The van der Waals surface area contributed by atoms with Crippen molar-refractivity contribution in [3.63, 3.8) is 0 Å². The van der Waals surface area contributed by atoms with Crippen molar-refractivity contribution >= 4 is 11.8 Å². The fourth-order valence-corrected chi connectivity index (χ4v) is 4.52. The van der Waals surface area contributed by atoms with E-state index in [0.29, 0.717) is 38.8 Å². The van der Waals surface area contributed by atoms with Gasteiger partial charge in [0.25, 0.3) is 0 Å². The summed E-state index contributed by atoms with van der Waals surface area (Å²) in [6, 6.07) is 13.9. The lowest BCUT2D eigenvalue weighted by Gasteiger charge is -2.34. The molecule has 6 heteroatoms. The van der Waals surface area contributed by atoms with Crippen LogP contribution in [0.3, 0.4) is 0 Å². The zero-order valence-corrected chi connectivity index (χ0v) is 17.3. The Morgan fingerprint density at radius 2 is 2.10 bits per heavy atom. The Balaban J connectivity index is 1.29. The van der Waals surface area contributed by atoms with Crippen molar-refractivity contribution in [2.75, 3.05) is 13.1 Å². The first kappa shape index (κ1) is 20.7. The van der Waals surface area contributed by atoms with Crippen LogP contribution in [0.15, 0.2) is 53.1 Å². The van der Waals surface area contributed by atoms with Crippen LogP contribution in [0.25, 0.3) is 0 Å². The molecule has 2 aromatic rings. The van der Waals surface area contributed by atoms with Crippen LogP contribution in [0.2, 0.25) is 0 Å². The van der Waals surface area contributed by atoms with Gasteiger partial charge in [-0.25, -0.2) is 0 Å². The second kappa shape index (κ2) is 9.47. The van der Waals surface area contributed by atoms with E-state index >= 15 is 0 Å². The quantitative estimate of drug-likeness (QED) is 0.723. The molecular weight excluding hydrogens is 380 g/mol. The minimum Gasteiger partial charge on any atom is -0.469 e. The highest BCUT2D eigenvalue weighted by Gasteiger charge is 2.39. The van der Waals surface area contributed by atoms with E-state index in [2.05, 4.69) is 17.4 Å². The van der Waals surface area contributed by atoms with Gasteiger partial charge < -0.3 is 19.4 Å². The van der Waals surface area contributed by atoms with Gasteiger partial charge in [-0.3, -0.25) is 9.59 Å². The van der Waals surface area contributed by atoms with Gasteiger partial charge in [0.1, 0.15) is 5.76 Å². The van der Waals surface area contributed by atoms with Gasteiger partial charge in [-0.05, 0) is 43.4 Å². The van der Waals surface area contributed by atoms with Gasteiger partial charge in [0.05, 0.1) is 19.0 Å². The highest BCUT2D eigenvalue weighted by molar-refractivity contribution is 5.80. The number of nitrogens with zero attached hydrogens (tertiary/aromatic N) is 1. The molecule has 2 fully saturated rings. The normalized spacial score (nSPS) is 24.1. The smallest absolute Gasteiger partial charge is 0.222 e. The summed E-state index contributed by atoms with van der Waals surface area (Å²) >= 11 is 0. The summed E-state index contributed by atoms with van der Waals surface area (Å²) in [6.07, 6.45) is 6.59. The summed E-state index contributed by atoms with van der Waals surface area (Å²) < 4.78 is 11.6. The van der Waals surface area contributed by atoms with Gasteiger partial charge in [0, 0.05) is 37.9 Å². The van der Waals surface area contributed by atoms with E-state index in [1.807, 2.05) is 35.2 Å². The van der Waals surface area contributed by atoms with Crippen LogP contribution in [-0.2, 0) is 27.4 Å². The standard InChI is InChI=1S/C24H30N2O4/c27-22-10-12-24(25-22,16-20-9-5-15-29-20)13-11-23(28)26-14-4-8-21(17-26)30-18-19-6-2-1-3-7-19/h1-3,5-7,9,15,21H,4,8,10-14,16-18H2,(H,25,27). The van der Waals surface area contributed by atoms with E-state index in [9.17, 15) is 9.59 Å². The third kappa shape index (κ3) is 5.30. The monoisotopic (exact) mass is 410 g/mol. The number of rotatable bonds is 8. The molecule has 160 valence electrons. The molecular formula is C24H30N2O4. The number of ether oxygens (including phenoxy) is 1. The van der Waals surface area contributed by atoms with Gasteiger partial charge in [-0.1, -0.05) is 30.3 Å². The number of amides is 2. The molecule has 0 aliphatic carbocycles. The summed E-state index contributed by atoms with van der Waals surface area (Å²) in [5.41, 5.74) is 0.765. The first-order chi connectivity index (χ1) is 14.6. The zero-order chi connectivity index (χ0) is 20.8. The number of furan rings is 1. The molecule has 4 rings (SSSR count). The summed E-state index contributed by atoms with van der Waals surface area (Å²) in [7, 11) is 0. The highest BCUT2D eigenvalue weighted by Crippen LogP contribution is 2.30. The van der Waals surface area contributed by atoms with E-state index in [1.165, 1.54) is 0 Å². The second-order valence-corrected chi connectivity index (χ2v) is 8.49. The van der Waals surface area contributed by atoms with Crippen LogP contribution in [0.1, 0.15) is 49.8 Å². The fourth-order valence-electron chi connectivity index (χ4n) is 4.52. The molecule has 30 heavy (non-hydrogen) atoms. The van der Waals surface area contributed by atoms with Crippen molar-refractivity contribution in [2.45, 2.75) is 63.2 Å². The molecule has 2 amide bonds. The SMILES string of the molecule is O=C1CCC(CCC(=O)N2CCCC(OCc3ccccc3)C2)(Cc2ccco2)N1. The third-order valence-electron chi connectivity index (χ3n) is 6.20. The molecule has 0 saturated carbocycles. The lowest BCUT2D eigenvalue weighted by atomic mass is 9.86. The minimum atomic E-state index is -0.385. The van der Waals surface area contributed by atoms with E-state index in [4.69, 9.17) is 9.15 Å². The van der Waals surface area contributed by atoms with Crippen LogP contribution in [0, 0.1) is 0 Å². The van der Waals surface area contributed by atoms with Crippen LogP contribution in [0.5, 0.6) is 0 Å². The Morgan fingerprint density at radius 3 is 2.83 bits per heavy atom. The molecule has 1 N–H and O–H groups in total. The molecule has 2 atom stereocenters. The summed E-state index contributed by atoms with van der Waals surface area (Å²) in [4.78, 5) is 26.8. The zero-order valence-electron chi connectivity index (χ0n) is 17.3. The third-order valence-corrected chi connectivity index (χ3v) is 6.20. The Hall–Kier alpha value is -2.60. The molecule has 0 bridgehead atoms. The first-order valence-corrected chi connectivity index (χ1v) is 10.9. The largest absolute Gasteiger partial charge is 0.469 e. The van der Waals surface area contributed by atoms with Crippen molar-refractivity contribution in [2.24, 2.45) is 0 Å². The maximum atomic E-state index is 12.9. The lowest BCUT2D eigenvalue weighted by Crippen LogP contribution is -2.46. The average molecular weight is 411 g/mol. The van der Waals surface area contributed by atoms with Gasteiger partial charge >= 0.3 is 0 Å². The number of hydrogen-bond donors (Lipinski definition) is 1. The topological polar surface area (TPSA) is 71.8 Å². The predicted octanol–water partition coefficient (Wildman–Crippen LogP) is 3.46. The highest BCUT2D eigenvalue weighted by atomic mass is 16.5. The fraction of sp³-hybridized carbons (Fsp3) is 0.500. The Kier molecular flexibility index (Phi) is 6.53. The Bertz CT molecular complexity index is 836. The van der Waals surface area contributed by atoms with Gasteiger partial charge in [0.2, 0.25) is 11.8 Å².